The van der Waals surface area contributed by atoms with E-state index in [4.69, 9.17) is 11.6 Å². The molecule has 7 nitrogen and oxygen atoms in total. The molecule has 1 unspecified atom stereocenters. The zero-order chi connectivity index (χ0) is 18.5. The number of nitrogens with zero attached hydrogens (tertiary/aromatic N) is 3. The van der Waals surface area contributed by atoms with Crippen molar-refractivity contribution in [3.8, 4) is 0 Å². The molecule has 0 spiro atoms. The summed E-state index contributed by atoms with van der Waals surface area (Å²) in [6, 6.07) is 6.54. The molecule has 26 heavy (non-hydrogen) atoms. The number of fused-ring (bicyclic) bond motifs is 3. The van der Waals surface area contributed by atoms with Crippen LogP contribution in [0.3, 0.4) is 0 Å². The Bertz CT molecular complexity index is 1110. The SMILES string of the molecule is CNc1nn2c3c(cnc2c1S(=O)(=O)c1cccc(Cl)c1)CC(C)NC3. The van der Waals surface area contributed by atoms with E-state index in [0.29, 0.717) is 23.3 Å². The Morgan fingerprint density at radius 1 is 1.38 bits per heavy atom. The predicted molar refractivity (Wildman–Crippen MR) is 99.4 cm³/mol. The number of hydrogen-bond donors (Lipinski definition) is 2. The van der Waals surface area contributed by atoms with Crippen LogP contribution in [-0.4, -0.2) is 36.1 Å². The minimum Gasteiger partial charge on any atom is -0.370 e. The fourth-order valence-corrected chi connectivity index (χ4v) is 5.05. The van der Waals surface area contributed by atoms with E-state index in [1.54, 1.807) is 29.9 Å². The van der Waals surface area contributed by atoms with Crippen LogP contribution in [0.15, 0.2) is 40.3 Å². The zero-order valence-corrected chi connectivity index (χ0v) is 15.9. The average molecular weight is 392 g/mol. The van der Waals surface area contributed by atoms with E-state index in [-0.39, 0.29) is 15.6 Å². The normalized spacial score (nSPS) is 17.3. The topological polar surface area (TPSA) is 88.4 Å². The minimum atomic E-state index is -3.84. The molecule has 0 radical (unpaired) electrons. The first kappa shape index (κ1) is 17.3. The van der Waals surface area contributed by atoms with Gasteiger partial charge in [-0.2, -0.15) is 0 Å². The van der Waals surface area contributed by atoms with Gasteiger partial charge in [-0.15, -0.1) is 5.10 Å². The number of anilines is 1. The van der Waals surface area contributed by atoms with Gasteiger partial charge in [-0.25, -0.2) is 17.9 Å². The second kappa shape index (κ2) is 6.22. The molecule has 1 aliphatic rings. The van der Waals surface area contributed by atoms with Crippen molar-refractivity contribution in [1.29, 1.82) is 0 Å². The number of hydrogen-bond acceptors (Lipinski definition) is 6. The molecule has 0 aliphatic carbocycles. The lowest BCUT2D eigenvalue weighted by Crippen LogP contribution is -2.34. The molecular weight excluding hydrogens is 374 g/mol. The van der Waals surface area contributed by atoms with E-state index in [1.807, 2.05) is 0 Å². The third kappa shape index (κ3) is 2.65. The van der Waals surface area contributed by atoms with Crippen molar-refractivity contribution in [3.63, 3.8) is 0 Å². The van der Waals surface area contributed by atoms with Gasteiger partial charge >= 0.3 is 0 Å². The second-order valence-electron chi connectivity index (χ2n) is 6.34. The van der Waals surface area contributed by atoms with E-state index in [9.17, 15) is 8.42 Å². The summed E-state index contributed by atoms with van der Waals surface area (Å²) in [6.07, 6.45) is 2.57. The second-order valence-corrected chi connectivity index (χ2v) is 8.66. The minimum absolute atomic E-state index is 0.0590. The lowest BCUT2D eigenvalue weighted by atomic mass is 10.0. The Morgan fingerprint density at radius 2 is 2.19 bits per heavy atom. The van der Waals surface area contributed by atoms with Gasteiger partial charge in [0.2, 0.25) is 9.84 Å². The number of halogens is 1. The maximum Gasteiger partial charge on any atom is 0.214 e. The molecule has 0 saturated heterocycles. The Labute approximate surface area is 156 Å². The first-order valence-corrected chi connectivity index (χ1v) is 10.1. The summed E-state index contributed by atoms with van der Waals surface area (Å²) in [5.74, 6) is 0.268. The zero-order valence-electron chi connectivity index (χ0n) is 14.3. The summed E-state index contributed by atoms with van der Waals surface area (Å²) >= 11 is 5.99. The lowest BCUT2D eigenvalue weighted by Gasteiger charge is -2.22. The highest BCUT2D eigenvalue weighted by Crippen LogP contribution is 2.32. The molecule has 0 saturated carbocycles. The maximum absolute atomic E-state index is 13.3. The highest BCUT2D eigenvalue weighted by Gasteiger charge is 2.30. The van der Waals surface area contributed by atoms with Gasteiger partial charge in [0.25, 0.3) is 0 Å². The van der Waals surface area contributed by atoms with Crippen LogP contribution in [-0.2, 0) is 22.8 Å². The van der Waals surface area contributed by atoms with Crippen molar-refractivity contribution >= 4 is 32.9 Å². The van der Waals surface area contributed by atoms with E-state index in [1.165, 1.54) is 12.1 Å². The first-order valence-electron chi connectivity index (χ1n) is 8.23. The van der Waals surface area contributed by atoms with Crippen LogP contribution < -0.4 is 10.6 Å². The molecule has 136 valence electrons. The van der Waals surface area contributed by atoms with Crippen molar-refractivity contribution in [2.24, 2.45) is 0 Å². The number of sulfone groups is 1. The molecule has 0 amide bonds. The number of benzene rings is 1. The summed E-state index contributed by atoms with van der Waals surface area (Å²) in [7, 11) is -2.19. The van der Waals surface area contributed by atoms with Crippen LogP contribution in [0.25, 0.3) is 5.65 Å². The van der Waals surface area contributed by atoms with Crippen LogP contribution >= 0.6 is 11.6 Å². The molecule has 9 heteroatoms. The molecule has 3 aromatic rings. The van der Waals surface area contributed by atoms with Crippen molar-refractivity contribution in [1.82, 2.24) is 19.9 Å². The summed E-state index contributed by atoms with van der Waals surface area (Å²) in [5.41, 5.74) is 2.31. The summed E-state index contributed by atoms with van der Waals surface area (Å²) in [6.45, 7) is 2.71. The van der Waals surface area contributed by atoms with Gasteiger partial charge in [0.05, 0.1) is 10.6 Å². The molecule has 1 atom stereocenters. The molecule has 0 fully saturated rings. The van der Waals surface area contributed by atoms with Crippen LogP contribution in [0.5, 0.6) is 0 Å². The van der Waals surface area contributed by atoms with Crippen molar-refractivity contribution in [2.45, 2.75) is 35.7 Å². The average Bonchev–Trinajstić information content (AvgIpc) is 3.01. The molecule has 1 aliphatic heterocycles. The quantitative estimate of drug-likeness (QED) is 0.712. The third-order valence-electron chi connectivity index (χ3n) is 4.54. The van der Waals surface area contributed by atoms with Gasteiger partial charge in [0.1, 0.15) is 0 Å². The largest absolute Gasteiger partial charge is 0.370 e. The highest BCUT2D eigenvalue weighted by atomic mass is 35.5. The Hall–Kier alpha value is -2.16. The van der Waals surface area contributed by atoms with E-state index >= 15 is 0 Å². The molecule has 2 N–H and O–H groups in total. The third-order valence-corrected chi connectivity index (χ3v) is 6.57. The number of aromatic nitrogens is 3. The first-order chi connectivity index (χ1) is 12.4. The van der Waals surface area contributed by atoms with Crippen LogP contribution in [0, 0.1) is 0 Å². The Morgan fingerprint density at radius 3 is 2.92 bits per heavy atom. The smallest absolute Gasteiger partial charge is 0.214 e. The highest BCUT2D eigenvalue weighted by molar-refractivity contribution is 7.91. The van der Waals surface area contributed by atoms with Gasteiger partial charge in [-0.3, -0.25) is 0 Å². The fraction of sp³-hybridized carbons (Fsp3) is 0.294. The molecule has 4 rings (SSSR count). The summed E-state index contributed by atoms with van der Waals surface area (Å²) in [4.78, 5) is 4.60. The van der Waals surface area contributed by atoms with E-state index in [0.717, 1.165) is 17.7 Å². The van der Waals surface area contributed by atoms with Crippen molar-refractivity contribution in [2.75, 3.05) is 12.4 Å². The Balaban J connectivity index is 1.98. The molecular formula is C17H18ClN5O2S. The fourth-order valence-electron chi connectivity index (χ4n) is 3.24. The lowest BCUT2D eigenvalue weighted by molar-refractivity contribution is 0.494. The van der Waals surface area contributed by atoms with Crippen molar-refractivity contribution < 1.29 is 8.42 Å². The maximum atomic E-state index is 13.3. The monoisotopic (exact) mass is 391 g/mol. The molecule has 2 aromatic heterocycles. The van der Waals surface area contributed by atoms with Crippen molar-refractivity contribution in [3.05, 3.63) is 46.7 Å². The van der Waals surface area contributed by atoms with Crippen LogP contribution in [0.4, 0.5) is 5.82 Å². The van der Waals surface area contributed by atoms with E-state index < -0.39 is 9.84 Å². The van der Waals surface area contributed by atoms with Gasteiger partial charge in [-0.05, 0) is 37.1 Å². The number of rotatable bonds is 3. The number of nitrogens with one attached hydrogen (secondary N) is 2. The predicted octanol–water partition coefficient (Wildman–Crippen LogP) is 2.29. The van der Waals surface area contributed by atoms with Gasteiger partial charge < -0.3 is 10.6 Å². The summed E-state index contributed by atoms with van der Waals surface area (Å²) in [5, 5.41) is 11.1. The van der Waals surface area contributed by atoms with Gasteiger partial charge in [0, 0.05) is 30.9 Å². The van der Waals surface area contributed by atoms with E-state index in [2.05, 4.69) is 27.6 Å². The van der Waals surface area contributed by atoms with Crippen LogP contribution in [0.2, 0.25) is 5.02 Å². The molecule has 1 aromatic carbocycles. The standard InChI is InChI=1S/C17H18ClN5O2S/c1-10-6-11-8-21-17-15(16(19-2)22-23(17)14(11)9-20-10)26(24,25)13-5-3-4-12(18)7-13/h3-5,7-8,10,20H,6,9H2,1-2H3,(H,19,22). The van der Waals surface area contributed by atoms with Crippen LogP contribution in [0.1, 0.15) is 18.2 Å². The van der Waals surface area contributed by atoms with Gasteiger partial charge in [0.15, 0.2) is 16.4 Å². The summed E-state index contributed by atoms with van der Waals surface area (Å²) < 4.78 is 28.1. The molecule has 0 bridgehead atoms. The van der Waals surface area contributed by atoms with Gasteiger partial charge in [-0.1, -0.05) is 17.7 Å². The molecule has 3 heterocycles. The Kier molecular flexibility index (Phi) is 4.13.